The number of H-pyrrole nitrogens is 1. The Labute approximate surface area is 217 Å². The van der Waals surface area contributed by atoms with Crippen molar-refractivity contribution in [3.8, 4) is 11.3 Å². The minimum Gasteiger partial charge on any atom is -0.453 e. The van der Waals surface area contributed by atoms with Crippen LogP contribution in [0.3, 0.4) is 0 Å². The van der Waals surface area contributed by atoms with Crippen LogP contribution < -0.4 is 10.8 Å². The smallest absolute Gasteiger partial charge is 0.453 e. The minimum atomic E-state index is -0.671. The van der Waals surface area contributed by atoms with Gasteiger partial charge in [-0.05, 0) is 44.6 Å². The molecule has 2 amide bonds. The molecule has 1 aromatic carbocycles. The van der Waals surface area contributed by atoms with Crippen LogP contribution in [0.1, 0.15) is 52.7 Å². The van der Waals surface area contributed by atoms with Gasteiger partial charge in [-0.25, -0.2) is 9.78 Å². The first kappa shape index (κ1) is 26.6. The fourth-order valence-corrected chi connectivity index (χ4v) is 5.40. The number of ether oxygens (including phenoxy) is 1. The van der Waals surface area contributed by atoms with Gasteiger partial charge in [-0.15, -0.1) is 11.8 Å². The lowest BCUT2D eigenvalue weighted by molar-refractivity contribution is -0.134. The Hall–Kier alpha value is -2.50. The highest BCUT2D eigenvalue weighted by Gasteiger charge is 2.51. The molecule has 1 aromatic heterocycles. The van der Waals surface area contributed by atoms with E-state index < -0.39 is 30.5 Å². The van der Waals surface area contributed by atoms with E-state index in [9.17, 15) is 9.59 Å². The Morgan fingerprint density at radius 2 is 1.83 bits per heavy atom. The SMILES string of the molecule is COC(=O)NC(C(=O)N1CCSC1c1ncc(-c2ccc(B3OC(C)(C)C(C)(C)O3)cc2)[nH]1)C(C)C. The number of imidazole rings is 1. The molecule has 11 heteroatoms. The summed E-state index contributed by atoms with van der Waals surface area (Å²) >= 11 is 1.65. The van der Waals surface area contributed by atoms with E-state index in [0.29, 0.717) is 12.4 Å². The van der Waals surface area contributed by atoms with Crippen molar-refractivity contribution in [1.82, 2.24) is 20.2 Å². The first-order valence-electron chi connectivity index (χ1n) is 12.2. The highest BCUT2D eigenvalue weighted by Crippen LogP contribution is 2.38. The zero-order valence-corrected chi connectivity index (χ0v) is 22.8. The molecule has 3 heterocycles. The second-order valence-electron chi connectivity index (χ2n) is 10.5. The quantitative estimate of drug-likeness (QED) is 0.570. The van der Waals surface area contributed by atoms with Crippen molar-refractivity contribution >= 4 is 36.3 Å². The maximum atomic E-state index is 13.3. The Morgan fingerprint density at radius 1 is 1.19 bits per heavy atom. The van der Waals surface area contributed by atoms with Crippen LogP contribution >= 0.6 is 11.8 Å². The third-order valence-electron chi connectivity index (χ3n) is 7.14. The van der Waals surface area contributed by atoms with Crippen molar-refractivity contribution in [3.05, 3.63) is 36.3 Å². The largest absolute Gasteiger partial charge is 0.494 e. The molecule has 0 saturated carbocycles. The Bertz CT molecular complexity index is 1090. The van der Waals surface area contributed by atoms with Crippen LogP contribution in [0.25, 0.3) is 11.3 Å². The molecule has 2 unspecified atom stereocenters. The third kappa shape index (κ3) is 5.14. The van der Waals surface area contributed by atoms with E-state index in [-0.39, 0.29) is 17.2 Å². The van der Waals surface area contributed by atoms with Crippen molar-refractivity contribution in [2.24, 2.45) is 5.92 Å². The van der Waals surface area contributed by atoms with Gasteiger partial charge in [0.05, 0.1) is 30.2 Å². The zero-order valence-electron chi connectivity index (χ0n) is 22.0. The fourth-order valence-electron chi connectivity index (χ4n) is 4.21. The molecular formula is C25H35BN4O5S. The number of nitrogens with one attached hydrogen (secondary N) is 2. The van der Waals surface area contributed by atoms with Crippen molar-refractivity contribution < 1.29 is 23.6 Å². The first-order valence-corrected chi connectivity index (χ1v) is 13.3. The van der Waals surface area contributed by atoms with Gasteiger partial charge in [-0.2, -0.15) is 0 Å². The topological polar surface area (TPSA) is 106 Å². The molecule has 0 spiro atoms. The molecule has 9 nitrogen and oxygen atoms in total. The number of hydrogen-bond acceptors (Lipinski definition) is 7. The number of benzene rings is 1. The van der Waals surface area contributed by atoms with E-state index in [4.69, 9.17) is 14.0 Å². The molecule has 0 bridgehead atoms. The number of thioether (sulfide) groups is 1. The highest BCUT2D eigenvalue weighted by molar-refractivity contribution is 7.99. The van der Waals surface area contributed by atoms with Crippen LogP contribution in [0, 0.1) is 5.92 Å². The summed E-state index contributed by atoms with van der Waals surface area (Å²) in [6.45, 7) is 12.5. The van der Waals surface area contributed by atoms with Crippen LogP contribution in [-0.2, 0) is 18.8 Å². The van der Waals surface area contributed by atoms with E-state index in [1.807, 2.05) is 65.8 Å². The average Bonchev–Trinajstić information content (AvgIpc) is 3.54. The van der Waals surface area contributed by atoms with Gasteiger partial charge >= 0.3 is 13.2 Å². The number of nitrogens with zero attached hydrogens (tertiary/aromatic N) is 2. The predicted octanol–water partition coefficient (Wildman–Crippen LogP) is 3.33. The maximum Gasteiger partial charge on any atom is 0.494 e. The molecule has 2 aliphatic rings. The lowest BCUT2D eigenvalue weighted by Crippen LogP contribution is -2.51. The van der Waals surface area contributed by atoms with E-state index in [1.165, 1.54) is 7.11 Å². The van der Waals surface area contributed by atoms with Crippen molar-refractivity contribution in [1.29, 1.82) is 0 Å². The van der Waals surface area contributed by atoms with Crippen LogP contribution in [0.15, 0.2) is 30.5 Å². The summed E-state index contributed by atoms with van der Waals surface area (Å²) in [4.78, 5) is 34.9. The summed E-state index contributed by atoms with van der Waals surface area (Å²) in [5.41, 5.74) is 2.01. The molecule has 2 aromatic rings. The summed E-state index contributed by atoms with van der Waals surface area (Å²) < 4.78 is 17.0. The first-order chi connectivity index (χ1) is 16.9. The number of hydrogen-bond donors (Lipinski definition) is 2. The summed E-state index contributed by atoms with van der Waals surface area (Å²) in [6.07, 6.45) is 1.17. The van der Waals surface area contributed by atoms with Crippen LogP contribution in [-0.4, -0.2) is 70.6 Å². The van der Waals surface area contributed by atoms with Gasteiger partial charge in [0.25, 0.3) is 0 Å². The van der Waals surface area contributed by atoms with E-state index >= 15 is 0 Å². The molecule has 2 N–H and O–H groups in total. The molecule has 194 valence electrons. The molecule has 2 saturated heterocycles. The molecule has 36 heavy (non-hydrogen) atoms. The molecule has 2 atom stereocenters. The summed E-state index contributed by atoms with van der Waals surface area (Å²) in [7, 11) is 0.876. The number of alkyl carbamates (subject to hydrolysis) is 1. The summed E-state index contributed by atoms with van der Waals surface area (Å²) in [5.74, 6) is 1.27. The minimum absolute atomic E-state index is 0.0856. The molecule has 2 aliphatic heterocycles. The van der Waals surface area contributed by atoms with Gasteiger partial charge < -0.3 is 29.2 Å². The van der Waals surface area contributed by atoms with E-state index in [1.54, 1.807) is 22.9 Å². The number of amides is 2. The second kappa shape index (κ2) is 10.1. The average molecular weight is 514 g/mol. The van der Waals surface area contributed by atoms with Gasteiger partial charge in [0.2, 0.25) is 5.91 Å². The van der Waals surface area contributed by atoms with Gasteiger partial charge in [-0.3, -0.25) is 4.79 Å². The number of aromatic nitrogens is 2. The zero-order chi connectivity index (χ0) is 26.3. The molecule has 4 rings (SSSR count). The normalized spacial score (nSPS) is 21.6. The van der Waals surface area contributed by atoms with Crippen molar-refractivity contribution in [3.63, 3.8) is 0 Å². The van der Waals surface area contributed by atoms with E-state index in [0.717, 1.165) is 22.5 Å². The highest BCUT2D eigenvalue weighted by atomic mass is 32.2. The van der Waals surface area contributed by atoms with Gasteiger partial charge in [0.15, 0.2) is 0 Å². The number of methoxy groups -OCH3 is 1. The standard InChI is InChI=1S/C25H35BN4O5S/c1-15(2)19(29-23(32)33-7)21(31)30-12-13-36-22(30)20-27-14-18(28-20)16-8-10-17(11-9-16)26-34-24(3,4)25(5,6)35-26/h8-11,14-15,19,22H,12-13H2,1-7H3,(H,27,28)(H,29,32). The fraction of sp³-hybridized carbons (Fsp3) is 0.560. The summed E-state index contributed by atoms with van der Waals surface area (Å²) in [6, 6.07) is 7.36. The number of carbonyl (C=O) groups is 2. The Morgan fingerprint density at radius 3 is 2.42 bits per heavy atom. The van der Waals surface area contributed by atoms with Gasteiger partial charge in [-0.1, -0.05) is 38.1 Å². The van der Waals surface area contributed by atoms with Gasteiger partial charge in [0.1, 0.15) is 17.2 Å². The molecular weight excluding hydrogens is 479 g/mol. The van der Waals surface area contributed by atoms with Crippen LogP contribution in [0.5, 0.6) is 0 Å². The molecule has 0 radical (unpaired) electrons. The number of rotatable bonds is 6. The van der Waals surface area contributed by atoms with E-state index in [2.05, 4.69) is 15.3 Å². The third-order valence-corrected chi connectivity index (χ3v) is 8.35. The number of carbonyl (C=O) groups excluding carboxylic acids is 2. The lowest BCUT2D eigenvalue weighted by atomic mass is 9.79. The molecule has 0 aliphatic carbocycles. The van der Waals surface area contributed by atoms with Crippen LogP contribution in [0.2, 0.25) is 0 Å². The Kier molecular flexibility index (Phi) is 7.46. The molecule has 2 fully saturated rings. The number of aromatic amines is 1. The lowest BCUT2D eigenvalue weighted by Gasteiger charge is -2.32. The predicted molar refractivity (Wildman–Crippen MR) is 141 cm³/mol. The Balaban J connectivity index is 1.48. The monoisotopic (exact) mass is 514 g/mol. The maximum absolute atomic E-state index is 13.3. The van der Waals surface area contributed by atoms with Crippen molar-refractivity contribution in [2.45, 2.75) is 64.2 Å². The summed E-state index contributed by atoms with van der Waals surface area (Å²) in [5, 5.41) is 2.42. The second-order valence-corrected chi connectivity index (χ2v) is 11.7. The van der Waals surface area contributed by atoms with Crippen molar-refractivity contribution in [2.75, 3.05) is 19.4 Å². The van der Waals surface area contributed by atoms with Crippen LogP contribution in [0.4, 0.5) is 4.79 Å². The van der Waals surface area contributed by atoms with Gasteiger partial charge in [0, 0.05) is 12.3 Å².